The Bertz CT molecular complexity index is 349. The standard InChI is InChI=1S/C11H13Cl2N/c1-2-14-11-4-3-8-9(11)5-7(12)6-10(8)13/h5-6,11,14H,2-4H2,1H3. The topological polar surface area (TPSA) is 12.0 Å². The van der Waals surface area contributed by atoms with E-state index in [0.29, 0.717) is 6.04 Å². The Kier molecular flexibility index (Phi) is 3.01. The highest BCUT2D eigenvalue weighted by Gasteiger charge is 2.23. The van der Waals surface area contributed by atoms with Gasteiger partial charge in [-0.15, -0.1) is 0 Å². The summed E-state index contributed by atoms with van der Waals surface area (Å²) in [6, 6.07) is 4.30. The molecule has 0 aromatic heterocycles. The Morgan fingerprint density at radius 1 is 1.43 bits per heavy atom. The molecule has 0 heterocycles. The Hall–Kier alpha value is -0.240. The summed E-state index contributed by atoms with van der Waals surface area (Å²) in [7, 11) is 0. The van der Waals surface area contributed by atoms with Crippen LogP contribution in [-0.2, 0) is 6.42 Å². The van der Waals surface area contributed by atoms with Gasteiger partial charge in [-0.05, 0) is 42.6 Å². The minimum atomic E-state index is 0.436. The number of hydrogen-bond donors (Lipinski definition) is 1. The molecule has 0 aliphatic heterocycles. The van der Waals surface area contributed by atoms with Gasteiger partial charge in [-0.25, -0.2) is 0 Å². The van der Waals surface area contributed by atoms with E-state index in [1.54, 1.807) is 0 Å². The summed E-state index contributed by atoms with van der Waals surface area (Å²) in [6.45, 7) is 3.10. The summed E-state index contributed by atoms with van der Waals surface area (Å²) >= 11 is 12.1. The zero-order valence-electron chi connectivity index (χ0n) is 8.11. The minimum absolute atomic E-state index is 0.436. The van der Waals surface area contributed by atoms with Crippen molar-refractivity contribution in [1.29, 1.82) is 0 Å². The van der Waals surface area contributed by atoms with Gasteiger partial charge in [0, 0.05) is 16.1 Å². The number of hydrogen-bond acceptors (Lipinski definition) is 1. The number of benzene rings is 1. The average Bonchev–Trinajstić information content (AvgIpc) is 2.49. The molecule has 14 heavy (non-hydrogen) atoms. The molecule has 0 saturated carbocycles. The van der Waals surface area contributed by atoms with E-state index in [2.05, 4.69) is 12.2 Å². The van der Waals surface area contributed by atoms with Crippen LogP contribution in [0, 0.1) is 0 Å². The highest BCUT2D eigenvalue weighted by atomic mass is 35.5. The van der Waals surface area contributed by atoms with E-state index in [4.69, 9.17) is 23.2 Å². The van der Waals surface area contributed by atoms with Crippen molar-refractivity contribution >= 4 is 23.2 Å². The lowest BCUT2D eigenvalue weighted by atomic mass is 10.1. The molecular formula is C11H13Cl2N. The van der Waals surface area contributed by atoms with Gasteiger partial charge in [0.05, 0.1) is 0 Å². The third kappa shape index (κ3) is 1.77. The summed E-state index contributed by atoms with van der Waals surface area (Å²) in [5, 5.41) is 4.99. The molecule has 0 radical (unpaired) electrons. The molecule has 0 amide bonds. The first-order valence-corrected chi connectivity index (χ1v) is 5.69. The Morgan fingerprint density at radius 3 is 2.93 bits per heavy atom. The van der Waals surface area contributed by atoms with E-state index < -0.39 is 0 Å². The fourth-order valence-corrected chi connectivity index (χ4v) is 2.70. The van der Waals surface area contributed by atoms with Crippen molar-refractivity contribution in [2.24, 2.45) is 0 Å². The highest BCUT2D eigenvalue weighted by Crippen LogP contribution is 2.37. The van der Waals surface area contributed by atoms with Crippen LogP contribution in [0.25, 0.3) is 0 Å². The Balaban J connectivity index is 2.38. The largest absolute Gasteiger partial charge is 0.310 e. The van der Waals surface area contributed by atoms with Crippen molar-refractivity contribution in [3.63, 3.8) is 0 Å². The molecule has 1 atom stereocenters. The van der Waals surface area contributed by atoms with Gasteiger partial charge in [0.25, 0.3) is 0 Å². The fourth-order valence-electron chi connectivity index (χ4n) is 2.10. The van der Waals surface area contributed by atoms with Crippen LogP contribution in [0.5, 0.6) is 0 Å². The molecule has 1 nitrogen and oxygen atoms in total. The highest BCUT2D eigenvalue weighted by molar-refractivity contribution is 6.35. The van der Waals surface area contributed by atoms with Crippen molar-refractivity contribution in [2.75, 3.05) is 6.54 Å². The third-order valence-corrected chi connectivity index (χ3v) is 3.26. The van der Waals surface area contributed by atoms with Crippen molar-refractivity contribution < 1.29 is 0 Å². The molecular weight excluding hydrogens is 217 g/mol. The van der Waals surface area contributed by atoms with Gasteiger partial charge in [-0.2, -0.15) is 0 Å². The predicted octanol–water partition coefficient (Wildman–Crippen LogP) is 3.59. The van der Waals surface area contributed by atoms with Gasteiger partial charge in [0.15, 0.2) is 0 Å². The Labute approximate surface area is 94.4 Å². The van der Waals surface area contributed by atoms with Crippen LogP contribution in [0.15, 0.2) is 12.1 Å². The molecule has 1 unspecified atom stereocenters. The summed E-state index contributed by atoms with van der Waals surface area (Å²) in [6.07, 6.45) is 2.19. The van der Waals surface area contributed by atoms with Gasteiger partial charge in [-0.3, -0.25) is 0 Å². The number of fused-ring (bicyclic) bond motifs is 1. The summed E-state index contributed by atoms with van der Waals surface area (Å²) in [5.74, 6) is 0. The third-order valence-electron chi connectivity index (χ3n) is 2.70. The zero-order chi connectivity index (χ0) is 10.1. The minimum Gasteiger partial charge on any atom is -0.310 e. The normalized spacial score (nSPS) is 19.8. The van der Waals surface area contributed by atoms with E-state index in [1.807, 2.05) is 12.1 Å². The average molecular weight is 230 g/mol. The van der Waals surface area contributed by atoms with Crippen LogP contribution < -0.4 is 5.32 Å². The second-order valence-corrected chi connectivity index (χ2v) is 4.45. The number of rotatable bonds is 2. The molecule has 0 spiro atoms. The van der Waals surface area contributed by atoms with Crippen LogP contribution in [0.3, 0.4) is 0 Å². The molecule has 1 N–H and O–H groups in total. The molecule has 1 aromatic carbocycles. The second-order valence-electron chi connectivity index (χ2n) is 3.60. The maximum absolute atomic E-state index is 6.13. The van der Waals surface area contributed by atoms with Gasteiger partial charge >= 0.3 is 0 Å². The van der Waals surface area contributed by atoms with E-state index in [-0.39, 0.29) is 0 Å². The summed E-state index contributed by atoms with van der Waals surface area (Å²) in [4.78, 5) is 0. The predicted molar refractivity (Wildman–Crippen MR) is 61.2 cm³/mol. The van der Waals surface area contributed by atoms with Crippen molar-refractivity contribution in [3.8, 4) is 0 Å². The molecule has 2 rings (SSSR count). The lowest BCUT2D eigenvalue weighted by Crippen LogP contribution is -2.18. The van der Waals surface area contributed by atoms with E-state index in [9.17, 15) is 0 Å². The molecule has 76 valence electrons. The van der Waals surface area contributed by atoms with Crippen LogP contribution in [-0.4, -0.2) is 6.54 Å². The fraction of sp³-hybridized carbons (Fsp3) is 0.455. The van der Waals surface area contributed by atoms with Gasteiger partial charge in [-0.1, -0.05) is 30.1 Å². The molecule has 0 fully saturated rings. The van der Waals surface area contributed by atoms with Crippen molar-refractivity contribution in [2.45, 2.75) is 25.8 Å². The second kappa shape index (κ2) is 4.09. The first kappa shape index (κ1) is 10.3. The first-order valence-electron chi connectivity index (χ1n) is 4.93. The van der Waals surface area contributed by atoms with Gasteiger partial charge in [0.2, 0.25) is 0 Å². The van der Waals surface area contributed by atoms with Crippen LogP contribution in [0.2, 0.25) is 10.0 Å². The van der Waals surface area contributed by atoms with Crippen molar-refractivity contribution in [3.05, 3.63) is 33.3 Å². The lowest BCUT2D eigenvalue weighted by molar-refractivity contribution is 0.549. The zero-order valence-corrected chi connectivity index (χ0v) is 9.62. The number of halogens is 2. The van der Waals surface area contributed by atoms with Gasteiger partial charge < -0.3 is 5.32 Å². The SMILES string of the molecule is CCNC1CCc2c(Cl)cc(Cl)cc21. The van der Waals surface area contributed by atoms with E-state index >= 15 is 0 Å². The van der Waals surface area contributed by atoms with Crippen LogP contribution >= 0.6 is 23.2 Å². The maximum Gasteiger partial charge on any atom is 0.0456 e. The van der Waals surface area contributed by atoms with E-state index in [0.717, 1.165) is 29.4 Å². The molecule has 3 heteroatoms. The summed E-state index contributed by atoms with van der Waals surface area (Å²) < 4.78 is 0. The molecule has 1 aliphatic carbocycles. The van der Waals surface area contributed by atoms with Crippen molar-refractivity contribution in [1.82, 2.24) is 5.32 Å². The molecule has 0 saturated heterocycles. The molecule has 0 bridgehead atoms. The first-order chi connectivity index (χ1) is 6.72. The Morgan fingerprint density at radius 2 is 2.21 bits per heavy atom. The quantitative estimate of drug-likeness (QED) is 0.818. The van der Waals surface area contributed by atoms with E-state index in [1.165, 1.54) is 11.1 Å². The monoisotopic (exact) mass is 229 g/mol. The molecule has 1 aromatic rings. The van der Waals surface area contributed by atoms with Gasteiger partial charge in [0.1, 0.15) is 0 Å². The lowest BCUT2D eigenvalue weighted by Gasteiger charge is -2.12. The number of nitrogens with one attached hydrogen (secondary N) is 1. The summed E-state index contributed by atoms with van der Waals surface area (Å²) in [5.41, 5.74) is 2.55. The molecule has 1 aliphatic rings. The van der Waals surface area contributed by atoms with Crippen LogP contribution in [0.4, 0.5) is 0 Å². The van der Waals surface area contributed by atoms with Crippen LogP contribution in [0.1, 0.15) is 30.5 Å². The maximum atomic E-state index is 6.13. The smallest absolute Gasteiger partial charge is 0.0456 e.